The quantitative estimate of drug-likeness (QED) is 0.477. The maximum atomic E-state index is 12.2. The molecule has 1 atom stereocenters. The van der Waals surface area contributed by atoms with Crippen molar-refractivity contribution in [3.05, 3.63) is 29.8 Å². The largest absolute Gasteiger partial charge is 0.591 e. The van der Waals surface area contributed by atoms with E-state index in [2.05, 4.69) is 4.40 Å². The van der Waals surface area contributed by atoms with E-state index >= 15 is 0 Å². The lowest BCUT2D eigenvalue weighted by atomic mass is 10.2. The first-order valence-electron chi connectivity index (χ1n) is 5.40. The van der Waals surface area contributed by atoms with Gasteiger partial charge in [0.25, 0.3) is 0 Å². The summed E-state index contributed by atoms with van der Waals surface area (Å²) in [6, 6.07) is 5.86. The molecule has 0 aromatic heterocycles. The Labute approximate surface area is 117 Å². The van der Waals surface area contributed by atoms with E-state index in [1.165, 1.54) is 24.4 Å². The predicted octanol–water partition coefficient (Wildman–Crippen LogP) is 4.18. The molecule has 0 spiro atoms. The van der Waals surface area contributed by atoms with Crippen LogP contribution in [-0.4, -0.2) is 21.0 Å². The van der Waals surface area contributed by atoms with Crippen molar-refractivity contribution in [2.24, 2.45) is 4.40 Å². The fraction of sp³-hybridized carbons (Fsp3) is 0.417. The Morgan fingerprint density at radius 2 is 1.89 bits per heavy atom. The second kappa shape index (κ2) is 6.19. The van der Waals surface area contributed by atoms with E-state index in [0.717, 1.165) is 0 Å². The average Bonchev–Trinajstić information content (AvgIpc) is 2.22. The number of alkyl halides is 3. The molecule has 1 rings (SSSR count). The van der Waals surface area contributed by atoms with Gasteiger partial charge in [-0.1, -0.05) is 16.5 Å². The van der Waals surface area contributed by atoms with Crippen molar-refractivity contribution < 1.29 is 17.7 Å². The van der Waals surface area contributed by atoms with Gasteiger partial charge in [-0.25, -0.2) is 0 Å². The maximum Gasteiger partial charge on any atom is 0.446 e. The molecule has 106 valence electrons. The number of hydrogen-bond donors (Lipinski definition) is 0. The Bertz CT molecular complexity index is 455. The molecule has 1 unspecified atom stereocenters. The molecule has 0 aliphatic carbocycles. The molecule has 0 aliphatic rings. The van der Waals surface area contributed by atoms with Crippen LogP contribution in [0.3, 0.4) is 0 Å². The highest BCUT2D eigenvalue weighted by atomic mass is 32.2. The van der Waals surface area contributed by atoms with Crippen LogP contribution in [0.1, 0.15) is 26.3 Å². The molecular formula is C12H14F3NOS2. The van der Waals surface area contributed by atoms with Crippen LogP contribution >= 0.6 is 11.8 Å². The van der Waals surface area contributed by atoms with Crippen molar-refractivity contribution in [2.75, 3.05) is 0 Å². The molecule has 0 radical (unpaired) electrons. The summed E-state index contributed by atoms with van der Waals surface area (Å²) in [6.45, 7) is 5.32. The lowest BCUT2D eigenvalue weighted by Crippen LogP contribution is -2.25. The number of nitrogens with zero attached hydrogens (tertiary/aromatic N) is 1. The van der Waals surface area contributed by atoms with Gasteiger partial charge in [-0.2, -0.15) is 13.2 Å². The van der Waals surface area contributed by atoms with Crippen molar-refractivity contribution in [1.82, 2.24) is 0 Å². The van der Waals surface area contributed by atoms with E-state index in [9.17, 15) is 17.7 Å². The average molecular weight is 309 g/mol. The highest BCUT2D eigenvalue weighted by Gasteiger charge is 2.29. The molecule has 19 heavy (non-hydrogen) atoms. The summed E-state index contributed by atoms with van der Waals surface area (Å²) in [5.74, 6) is 0. The number of halogens is 3. The van der Waals surface area contributed by atoms with Gasteiger partial charge in [0.2, 0.25) is 0 Å². The molecule has 0 saturated heterocycles. The second-order valence-corrected chi connectivity index (χ2v) is 7.79. The monoisotopic (exact) mass is 309 g/mol. The van der Waals surface area contributed by atoms with Crippen LogP contribution in [0.4, 0.5) is 13.2 Å². The van der Waals surface area contributed by atoms with Gasteiger partial charge in [0.05, 0.1) is 6.21 Å². The van der Waals surface area contributed by atoms with Gasteiger partial charge >= 0.3 is 5.51 Å². The first-order valence-corrected chi connectivity index (χ1v) is 7.32. The van der Waals surface area contributed by atoms with E-state index in [0.29, 0.717) is 5.56 Å². The topological polar surface area (TPSA) is 35.4 Å². The molecule has 2 nitrogen and oxygen atoms in total. The fourth-order valence-electron chi connectivity index (χ4n) is 1.06. The summed E-state index contributed by atoms with van der Waals surface area (Å²) in [4.78, 5) is 0.0815. The summed E-state index contributed by atoms with van der Waals surface area (Å²) in [5.41, 5.74) is -3.82. The molecule has 0 N–H and O–H groups in total. The minimum absolute atomic E-state index is 0.0815. The van der Waals surface area contributed by atoms with Crippen molar-refractivity contribution in [1.29, 1.82) is 0 Å². The van der Waals surface area contributed by atoms with E-state index < -0.39 is 21.6 Å². The van der Waals surface area contributed by atoms with Crippen LogP contribution in [0, 0.1) is 0 Å². The zero-order valence-electron chi connectivity index (χ0n) is 10.7. The highest BCUT2D eigenvalue weighted by molar-refractivity contribution is 8.00. The Kier molecular flexibility index (Phi) is 5.34. The first-order chi connectivity index (χ1) is 8.58. The molecule has 0 amide bonds. The zero-order chi connectivity index (χ0) is 14.7. The highest BCUT2D eigenvalue weighted by Crippen LogP contribution is 2.36. The molecule has 1 aromatic rings. The van der Waals surface area contributed by atoms with E-state index in [1.807, 2.05) is 0 Å². The minimum atomic E-state index is -4.32. The number of benzene rings is 1. The third-order valence-electron chi connectivity index (χ3n) is 1.91. The van der Waals surface area contributed by atoms with Gasteiger partial charge in [0.1, 0.15) is 16.1 Å². The summed E-state index contributed by atoms with van der Waals surface area (Å²) < 4.78 is 51.7. The smallest absolute Gasteiger partial charge is 0.446 e. The normalized spacial score (nSPS) is 14.9. The summed E-state index contributed by atoms with van der Waals surface area (Å²) >= 11 is -1.61. The maximum absolute atomic E-state index is 12.2. The Hall–Kier alpha value is -0.660. The summed E-state index contributed by atoms with van der Waals surface area (Å²) in [7, 11) is 0. The molecule has 0 saturated carbocycles. The molecule has 1 aromatic carbocycles. The van der Waals surface area contributed by atoms with Crippen LogP contribution in [-0.2, 0) is 11.4 Å². The van der Waals surface area contributed by atoms with Crippen LogP contribution in [0.15, 0.2) is 33.6 Å². The lowest BCUT2D eigenvalue weighted by molar-refractivity contribution is -0.0328. The summed E-state index contributed by atoms with van der Waals surface area (Å²) in [5, 5.41) is 0. The van der Waals surface area contributed by atoms with E-state index in [1.54, 1.807) is 26.8 Å². The predicted molar refractivity (Wildman–Crippen MR) is 73.8 cm³/mol. The number of rotatable bonds is 3. The molecular weight excluding hydrogens is 295 g/mol. The Morgan fingerprint density at radius 3 is 2.42 bits per heavy atom. The third-order valence-corrected chi connectivity index (χ3v) is 3.98. The SMILES string of the molecule is CC(C)(C)[S+]([O-])/N=C/c1cccc(SC(F)(F)F)c1. The van der Waals surface area contributed by atoms with E-state index in [-0.39, 0.29) is 16.7 Å². The number of hydrogen-bond acceptors (Lipinski definition) is 3. The van der Waals surface area contributed by atoms with Crippen molar-refractivity contribution in [3.63, 3.8) is 0 Å². The van der Waals surface area contributed by atoms with Crippen molar-refractivity contribution in [3.8, 4) is 0 Å². The summed E-state index contributed by atoms with van der Waals surface area (Å²) in [6.07, 6.45) is 1.34. The van der Waals surface area contributed by atoms with Crippen LogP contribution in [0.25, 0.3) is 0 Å². The minimum Gasteiger partial charge on any atom is -0.591 e. The Morgan fingerprint density at radius 1 is 1.26 bits per heavy atom. The molecule has 0 heterocycles. The van der Waals surface area contributed by atoms with Crippen LogP contribution in [0.5, 0.6) is 0 Å². The van der Waals surface area contributed by atoms with Gasteiger partial charge in [-0.15, -0.1) is 0 Å². The zero-order valence-corrected chi connectivity index (χ0v) is 12.3. The van der Waals surface area contributed by atoms with Gasteiger partial charge in [-0.05, 0) is 50.2 Å². The first kappa shape index (κ1) is 16.4. The fourth-order valence-corrected chi connectivity index (χ4v) is 2.20. The third kappa shape index (κ3) is 6.35. The van der Waals surface area contributed by atoms with Gasteiger partial charge < -0.3 is 4.55 Å². The van der Waals surface area contributed by atoms with Gasteiger partial charge in [-0.3, -0.25) is 0 Å². The van der Waals surface area contributed by atoms with Gasteiger partial charge in [0, 0.05) is 4.90 Å². The van der Waals surface area contributed by atoms with Gasteiger partial charge in [0.15, 0.2) is 0 Å². The molecule has 0 aliphatic heterocycles. The molecule has 0 fully saturated rings. The van der Waals surface area contributed by atoms with Crippen LogP contribution in [0.2, 0.25) is 0 Å². The van der Waals surface area contributed by atoms with E-state index in [4.69, 9.17) is 0 Å². The molecule has 7 heteroatoms. The number of thioether (sulfide) groups is 1. The van der Waals surface area contributed by atoms with Crippen molar-refractivity contribution in [2.45, 2.75) is 35.9 Å². The lowest BCUT2D eigenvalue weighted by Gasteiger charge is -2.17. The van der Waals surface area contributed by atoms with Crippen molar-refractivity contribution >= 4 is 29.3 Å². The standard InChI is InChI=1S/C12H14F3NOS2/c1-11(2,3)19(17)16-8-9-5-4-6-10(7-9)18-12(13,14)15/h4-8H,1-3H3/b16-8+. The Balaban J connectivity index is 2.80. The second-order valence-electron chi connectivity index (χ2n) is 4.72. The molecule has 0 bridgehead atoms. The van der Waals surface area contributed by atoms with Crippen LogP contribution < -0.4 is 0 Å².